The molecule has 0 atom stereocenters. The van der Waals surface area contributed by atoms with E-state index in [2.05, 4.69) is 20.5 Å². The summed E-state index contributed by atoms with van der Waals surface area (Å²) in [6.45, 7) is 3.91. The number of aromatic nitrogens is 3. The van der Waals surface area contributed by atoms with Crippen LogP contribution in [0.5, 0.6) is 0 Å². The van der Waals surface area contributed by atoms with Gasteiger partial charge in [0.15, 0.2) is 5.82 Å². The molecule has 0 saturated carbocycles. The van der Waals surface area contributed by atoms with Crippen LogP contribution in [0.1, 0.15) is 11.3 Å². The summed E-state index contributed by atoms with van der Waals surface area (Å²) in [5.41, 5.74) is 1.93. The maximum atomic E-state index is 12.0. The van der Waals surface area contributed by atoms with Gasteiger partial charge in [-0.3, -0.25) is 9.89 Å². The molecule has 0 unspecified atom stereocenters. The molecule has 0 spiro atoms. The smallest absolute Gasteiger partial charge is 0.257 e. The monoisotopic (exact) mass is 254 g/mol. The van der Waals surface area contributed by atoms with E-state index in [1.165, 1.54) is 0 Å². The number of fused-ring (bicyclic) bond motifs is 1. The Morgan fingerprint density at radius 1 is 1.16 bits per heavy atom. The van der Waals surface area contributed by atoms with Crippen LogP contribution < -0.4 is 10.9 Å². The van der Waals surface area contributed by atoms with Crippen molar-refractivity contribution in [2.24, 2.45) is 0 Å². The maximum absolute atomic E-state index is 12.0. The Kier molecular flexibility index (Phi) is 2.59. The molecule has 1 aromatic carbocycles. The number of anilines is 2. The van der Waals surface area contributed by atoms with Crippen LogP contribution in [0.3, 0.4) is 0 Å². The maximum Gasteiger partial charge on any atom is 0.257 e. The largest absolute Gasteiger partial charge is 0.325 e. The van der Waals surface area contributed by atoms with E-state index in [1.54, 1.807) is 0 Å². The van der Waals surface area contributed by atoms with Crippen LogP contribution in [0.15, 0.2) is 35.1 Å². The van der Waals surface area contributed by atoms with Gasteiger partial charge in [-0.2, -0.15) is 5.10 Å². The van der Waals surface area contributed by atoms with Crippen molar-refractivity contribution in [3.8, 4) is 0 Å². The van der Waals surface area contributed by atoms with E-state index in [0.717, 1.165) is 16.6 Å². The number of hydrogen-bond donors (Lipinski definition) is 3. The Bertz CT molecular complexity index is 801. The van der Waals surface area contributed by atoms with Crippen molar-refractivity contribution < 1.29 is 0 Å². The van der Waals surface area contributed by atoms with Gasteiger partial charge in [-0.1, -0.05) is 12.1 Å². The molecule has 5 heteroatoms. The summed E-state index contributed by atoms with van der Waals surface area (Å²) in [6, 6.07) is 9.50. The molecule has 19 heavy (non-hydrogen) atoms. The van der Waals surface area contributed by atoms with Gasteiger partial charge in [0.2, 0.25) is 0 Å². The second kappa shape index (κ2) is 4.28. The minimum atomic E-state index is -0.101. The summed E-state index contributed by atoms with van der Waals surface area (Å²) in [6.07, 6.45) is 0. The van der Waals surface area contributed by atoms with Crippen molar-refractivity contribution in [1.29, 1.82) is 0 Å². The summed E-state index contributed by atoms with van der Waals surface area (Å²) in [7, 11) is 0. The summed E-state index contributed by atoms with van der Waals surface area (Å²) in [5.74, 6) is 1.32. The molecule has 0 fully saturated rings. The van der Waals surface area contributed by atoms with Gasteiger partial charge in [0.1, 0.15) is 5.82 Å². The van der Waals surface area contributed by atoms with Crippen molar-refractivity contribution in [3.63, 3.8) is 0 Å². The van der Waals surface area contributed by atoms with Crippen molar-refractivity contribution in [2.45, 2.75) is 13.8 Å². The highest BCUT2D eigenvalue weighted by molar-refractivity contribution is 5.87. The van der Waals surface area contributed by atoms with E-state index in [9.17, 15) is 4.79 Å². The van der Waals surface area contributed by atoms with Gasteiger partial charge < -0.3 is 10.3 Å². The minimum absolute atomic E-state index is 0.101. The molecule has 3 rings (SSSR count). The van der Waals surface area contributed by atoms with Gasteiger partial charge in [-0.25, -0.2) is 0 Å². The molecular weight excluding hydrogens is 240 g/mol. The Balaban J connectivity index is 2.10. The number of pyridine rings is 1. The molecule has 0 radical (unpaired) electrons. The highest BCUT2D eigenvalue weighted by Crippen LogP contribution is 2.19. The van der Waals surface area contributed by atoms with Crippen molar-refractivity contribution in [1.82, 2.24) is 15.2 Å². The molecule has 0 aliphatic rings. The van der Waals surface area contributed by atoms with Crippen molar-refractivity contribution >= 4 is 22.4 Å². The second-order valence-electron chi connectivity index (χ2n) is 4.61. The van der Waals surface area contributed by atoms with Gasteiger partial charge in [0, 0.05) is 17.1 Å². The topological polar surface area (TPSA) is 73.6 Å². The van der Waals surface area contributed by atoms with Crippen LogP contribution in [-0.2, 0) is 0 Å². The number of nitrogens with zero attached hydrogens (tertiary/aromatic N) is 1. The van der Waals surface area contributed by atoms with E-state index < -0.39 is 0 Å². The summed E-state index contributed by atoms with van der Waals surface area (Å²) in [4.78, 5) is 14.8. The van der Waals surface area contributed by atoms with Gasteiger partial charge in [0.05, 0.1) is 0 Å². The van der Waals surface area contributed by atoms with Crippen molar-refractivity contribution in [2.75, 3.05) is 5.32 Å². The zero-order valence-electron chi connectivity index (χ0n) is 10.7. The molecule has 5 nitrogen and oxygen atoms in total. The lowest BCUT2D eigenvalue weighted by Gasteiger charge is -2.06. The Morgan fingerprint density at radius 3 is 2.74 bits per heavy atom. The highest BCUT2D eigenvalue weighted by Gasteiger charge is 2.05. The zero-order chi connectivity index (χ0) is 13.4. The fourth-order valence-corrected chi connectivity index (χ4v) is 2.13. The number of benzene rings is 1. The van der Waals surface area contributed by atoms with E-state index in [4.69, 9.17) is 0 Å². The fourth-order valence-electron chi connectivity index (χ4n) is 2.13. The first-order valence-corrected chi connectivity index (χ1v) is 6.05. The van der Waals surface area contributed by atoms with Gasteiger partial charge >= 0.3 is 0 Å². The molecule has 2 heterocycles. The number of nitrogens with one attached hydrogen (secondary N) is 3. The fraction of sp³-hybridized carbons (Fsp3) is 0.143. The van der Waals surface area contributed by atoms with E-state index in [-0.39, 0.29) is 5.56 Å². The van der Waals surface area contributed by atoms with Gasteiger partial charge in [-0.15, -0.1) is 0 Å². The standard InChI is InChI=1S/C14H14N4O/c1-8-4-3-5-10-11(8)7-12(16-14(10)19)15-13-6-9(2)17-18-13/h3-7H,1-2H3,(H3,15,16,17,18,19). The van der Waals surface area contributed by atoms with Crippen LogP contribution in [0.25, 0.3) is 10.8 Å². The molecule has 0 aliphatic carbocycles. The third-order valence-corrected chi connectivity index (χ3v) is 3.07. The van der Waals surface area contributed by atoms with Crippen LogP contribution in [0, 0.1) is 13.8 Å². The summed E-state index contributed by atoms with van der Waals surface area (Å²) >= 11 is 0. The first-order valence-electron chi connectivity index (χ1n) is 6.05. The normalized spacial score (nSPS) is 10.8. The van der Waals surface area contributed by atoms with E-state index in [0.29, 0.717) is 17.0 Å². The van der Waals surface area contributed by atoms with Crippen LogP contribution in [0.2, 0.25) is 0 Å². The SMILES string of the molecule is Cc1cc(Nc2cc3c(C)cccc3c(=O)[nH]2)n[nH]1. The van der Waals surface area contributed by atoms with E-state index >= 15 is 0 Å². The number of aryl methyl sites for hydroxylation is 2. The molecule has 0 saturated heterocycles. The van der Waals surface area contributed by atoms with Crippen LogP contribution in [-0.4, -0.2) is 15.2 Å². The molecule has 3 aromatic rings. The molecule has 0 aliphatic heterocycles. The Labute approximate surface area is 109 Å². The molecule has 0 amide bonds. The predicted molar refractivity (Wildman–Crippen MR) is 75.9 cm³/mol. The van der Waals surface area contributed by atoms with Crippen LogP contribution >= 0.6 is 0 Å². The third kappa shape index (κ3) is 2.10. The average Bonchev–Trinajstić information content (AvgIpc) is 2.76. The number of H-pyrrole nitrogens is 2. The predicted octanol–water partition coefficient (Wildman–Crippen LogP) is 2.61. The van der Waals surface area contributed by atoms with E-state index in [1.807, 2.05) is 44.2 Å². The molecule has 3 N–H and O–H groups in total. The number of aromatic amines is 2. The minimum Gasteiger partial charge on any atom is -0.325 e. The molecule has 0 bridgehead atoms. The highest BCUT2D eigenvalue weighted by atomic mass is 16.1. The lowest BCUT2D eigenvalue weighted by atomic mass is 10.1. The zero-order valence-corrected chi connectivity index (χ0v) is 10.7. The molecule has 2 aromatic heterocycles. The van der Waals surface area contributed by atoms with Crippen molar-refractivity contribution in [3.05, 3.63) is 51.9 Å². The second-order valence-corrected chi connectivity index (χ2v) is 4.61. The first kappa shape index (κ1) is 11.5. The van der Waals surface area contributed by atoms with Gasteiger partial charge in [-0.05, 0) is 36.9 Å². The lowest BCUT2D eigenvalue weighted by Crippen LogP contribution is -2.09. The Morgan fingerprint density at radius 2 is 2.00 bits per heavy atom. The number of hydrogen-bond acceptors (Lipinski definition) is 3. The Hall–Kier alpha value is -2.56. The van der Waals surface area contributed by atoms with Crippen LogP contribution in [0.4, 0.5) is 11.6 Å². The summed E-state index contributed by atoms with van der Waals surface area (Å²) < 4.78 is 0. The quantitative estimate of drug-likeness (QED) is 0.658. The number of rotatable bonds is 2. The van der Waals surface area contributed by atoms with Gasteiger partial charge in [0.25, 0.3) is 5.56 Å². The lowest BCUT2D eigenvalue weighted by molar-refractivity contribution is 1.05. The summed E-state index contributed by atoms with van der Waals surface area (Å²) in [5, 5.41) is 11.7. The third-order valence-electron chi connectivity index (χ3n) is 3.07. The first-order chi connectivity index (χ1) is 9.13. The molecule has 96 valence electrons. The average molecular weight is 254 g/mol. The molecular formula is C14H14N4O.